The van der Waals surface area contributed by atoms with Gasteiger partial charge in [0, 0.05) is 6.20 Å². The molecular weight excluding hydrogens is 271 g/mol. The van der Waals surface area contributed by atoms with Crippen molar-refractivity contribution in [2.24, 2.45) is 0 Å². The maximum absolute atomic E-state index is 12.2. The Morgan fingerprint density at radius 1 is 1.45 bits per heavy atom. The number of nitrogens with two attached hydrogens (primary N) is 1. The SMILES string of the molecule is C=C(NCC#Cc1c[nH]c2ncnc(N)c12)C(F)(F)F. The largest absolute Gasteiger partial charge is 0.430 e. The lowest BCUT2D eigenvalue weighted by atomic mass is 10.2. The Kier molecular flexibility index (Phi) is 3.52. The summed E-state index contributed by atoms with van der Waals surface area (Å²) in [6, 6.07) is 0. The zero-order chi connectivity index (χ0) is 14.8. The molecule has 2 aromatic heterocycles. The molecule has 5 nitrogen and oxygen atoms in total. The summed E-state index contributed by atoms with van der Waals surface area (Å²) in [6.07, 6.45) is -1.59. The van der Waals surface area contributed by atoms with E-state index in [4.69, 9.17) is 5.73 Å². The number of halogens is 3. The molecule has 0 amide bonds. The second kappa shape index (κ2) is 5.13. The number of hydrogen-bond donors (Lipinski definition) is 3. The van der Waals surface area contributed by atoms with Gasteiger partial charge in [-0.25, -0.2) is 9.97 Å². The average molecular weight is 281 g/mol. The van der Waals surface area contributed by atoms with E-state index in [-0.39, 0.29) is 12.4 Å². The van der Waals surface area contributed by atoms with Crippen LogP contribution < -0.4 is 11.1 Å². The van der Waals surface area contributed by atoms with Crippen molar-refractivity contribution in [3.63, 3.8) is 0 Å². The summed E-state index contributed by atoms with van der Waals surface area (Å²) in [5.41, 5.74) is 5.71. The van der Waals surface area contributed by atoms with Crippen LogP contribution in [-0.2, 0) is 0 Å². The highest BCUT2D eigenvalue weighted by molar-refractivity contribution is 5.91. The van der Waals surface area contributed by atoms with Gasteiger partial charge in [0.2, 0.25) is 0 Å². The minimum atomic E-state index is -4.47. The Morgan fingerprint density at radius 3 is 2.90 bits per heavy atom. The average Bonchev–Trinajstić information content (AvgIpc) is 2.78. The van der Waals surface area contributed by atoms with Crippen molar-refractivity contribution < 1.29 is 13.2 Å². The van der Waals surface area contributed by atoms with E-state index in [9.17, 15) is 13.2 Å². The summed E-state index contributed by atoms with van der Waals surface area (Å²) < 4.78 is 36.5. The van der Waals surface area contributed by atoms with E-state index >= 15 is 0 Å². The van der Waals surface area contributed by atoms with Gasteiger partial charge in [-0.15, -0.1) is 0 Å². The van der Waals surface area contributed by atoms with Crippen LogP contribution in [0.4, 0.5) is 19.0 Å². The van der Waals surface area contributed by atoms with Gasteiger partial charge in [0.1, 0.15) is 23.5 Å². The first kappa shape index (κ1) is 13.7. The highest BCUT2D eigenvalue weighted by Crippen LogP contribution is 2.21. The highest BCUT2D eigenvalue weighted by Gasteiger charge is 2.31. The number of H-pyrrole nitrogens is 1. The van der Waals surface area contributed by atoms with Gasteiger partial charge in [-0.2, -0.15) is 13.2 Å². The van der Waals surface area contributed by atoms with Gasteiger partial charge < -0.3 is 16.0 Å². The third kappa shape index (κ3) is 2.83. The topological polar surface area (TPSA) is 79.6 Å². The Morgan fingerprint density at radius 2 is 2.20 bits per heavy atom. The minimum Gasteiger partial charge on any atom is -0.383 e. The quantitative estimate of drug-likeness (QED) is 0.730. The third-order valence-corrected chi connectivity index (χ3v) is 2.45. The normalized spacial score (nSPS) is 10.9. The van der Waals surface area contributed by atoms with Crippen LogP contribution in [0.15, 0.2) is 24.8 Å². The maximum Gasteiger partial charge on any atom is 0.430 e. The van der Waals surface area contributed by atoms with Crippen molar-refractivity contribution in [3.05, 3.63) is 30.4 Å². The van der Waals surface area contributed by atoms with Gasteiger partial charge in [-0.3, -0.25) is 0 Å². The zero-order valence-electron chi connectivity index (χ0n) is 10.2. The van der Waals surface area contributed by atoms with E-state index in [1.54, 1.807) is 6.20 Å². The second-order valence-electron chi connectivity index (χ2n) is 3.82. The first-order chi connectivity index (χ1) is 9.39. The first-order valence-corrected chi connectivity index (χ1v) is 5.46. The molecule has 0 fully saturated rings. The number of alkyl halides is 3. The van der Waals surface area contributed by atoms with E-state index in [0.717, 1.165) is 0 Å². The Bertz CT molecular complexity index is 705. The highest BCUT2D eigenvalue weighted by atomic mass is 19.4. The predicted octanol–water partition coefficient (Wildman–Crippen LogP) is 1.56. The molecule has 0 bridgehead atoms. The fourth-order valence-electron chi connectivity index (χ4n) is 1.48. The fraction of sp³-hybridized carbons (Fsp3) is 0.167. The predicted molar refractivity (Wildman–Crippen MR) is 68.4 cm³/mol. The first-order valence-electron chi connectivity index (χ1n) is 5.46. The Labute approximate surface area is 112 Å². The molecule has 0 saturated carbocycles. The van der Waals surface area contributed by atoms with Crippen LogP contribution in [0.25, 0.3) is 11.0 Å². The number of rotatable bonds is 2. The molecule has 2 heterocycles. The molecule has 8 heteroatoms. The van der Waals surface area contributed by atoms with Gasteiger partial charge in [0.25, 0.3) is 0 Å². The molecule has 0 atom stereocenters. The number of nitrogens with zero attached hydrogens (tertiary/aromatic N) is 2. The lowest BCUT2D eigenvalue weighted by molar-refractivity contribution is -0.0959. The lowest BCUT2D eigenvalue weighted by Gasteiger charge is -2.09. The van der Waals surface area contributed by atoms with Gasteiger partial charge >= 0.3 is 6.18 Å². The van der Waals surface area contributed by atoms with Gasteiger partial charge in [0.05, 0.1) is 17.5 Å². The van der Waals surface area contributed by atoms with Crippen LogP contribution in [-0.4, -0.2) is 27.7 Å². The molecule has 0 radical (unpaired) electrons. The van der Waals surface area contributed by atoms with Crippen molar-refractivity contribution in [2.75, 3.05) is 12.3 Å². The van der Waals surface area contributed by atoms with E-state index in [1.807, 2.05) is 0 Å². The summed E-state index contributed by atoms with van der Waals surface area (Å²) in [4.78, 5) is 10.6. The van der Waals surface area contributed by atoms with Crippen molar-refractivity contribution in [3.8, 4) is 11.8 Å². The molecular formula is C12H10F3N5. The van der Waals surface area contributed by atoms with E-state index in [0.29, 0.717) is 16.6 Å². The standard InChI is InChI=1S/C12H10F3N5/c1-7(12(13,14)15)17-4-2-3-8-5-18-11-9(8)10(16)19-6-20-11/h5-6,17H,1,4H2,(H3,16,18,19,20). The van der Waals surface area contributed by atoms with Crippen molar-refractivity contribution in [1.29, 1.82) is 0 Å². The molecule has 2 aromatic rings. The number of nitrogen functional groups attached to an aromatic ring is 1. The molecule has 0 aliphatic carbocycles. The van der Waals surface area contributed by atoms with Crippen LogP contribution in [0.5, 0.6) is 0 Å². The molecule has 0 saturated heterocycles. The summed E-state index contributed by atoms with van der Waals surface area (Å²) in [5.74, 6) is 5.52. The van der Waals surface area contributed by atoms with Gasteiger partial charge in [-0.05, 0) is 0 Å². The van der Waals surface area contributed by atoms with Crippen molar-refractivity contribution in [1.82, 2.24) is 20.3 Å². The van der Waals surface area contributed by atoms with Gasteiger partial charge in [-0.1, -0.05) is 18.4 Å². The zero-order valence-corrected chi connectivity index (χ0v) is 10.2. The molecule has 0 spiro atoms. The number of allylic oxidation sites excluding steroid dienone is 1. The van der Waals surface area contributed by atoms with Crippen LogP contribution >= 0.6 is 0 Å². The van der Waals surface area contributed by atoms with Gasteiger partial charge in [0.15, 0.2) is 0 Å². The monoisotopic (exact) mass is 281 g/mol. The van der Waals surface area contributed by atoms with E-state index in [1.165, 1.54) is 6.33 Å². The number of nitrogens with one attached hydrogen (secondary N) is 2. The second-order valence-corrected chi connectivity index (χ2v) is 3.82. The lowest BCUT2D eigenvalue weighted by Crippen LogP contribution is -2.25. The molecule has 104 valence electrons. The molecule has 20 heavy (non-hydrogen) atoms. The Hall–Kier alpha value is -2.69. The number of anilines is 1. The molecule has 2 rings (SSSR count). The number of aromatic nitrogens is 3. The molecule has 0 unspecified atom stereocenters. The maximum atomic E-state index is 12.2. The summed E-state index contributed by atoms with van der Waals surface area (Å²) in [7, 11) is 0. The minimum absolute atomic E-state index is 0.182. The van der Waals surface area contributed by atoms with E-state index < -0.39 is 11.9 Å². The molecule has 0 aromatic carbocycles. The van der Waals surface area contributed by atoms with E-state index in [2.05, 4.69) is 38.7 Å². The summed E-state index contributed by atoms with van der Waals surface area (Å²) >= 11 is 0. The van der Waals surface area contributed by atoms with Crippen molar-refractivity contribution in [2.45, 2.75) is 6.18 Å². The van der Waals surface area contributed by atoms with Crippen LogP contribution in [0, 0.1) is 11.8 Å². The smallest absolute Gasteiger partial charge is 0.383 e. The molecule has 0 aliphatic rings. The molecule has 0 aliphatic heterocycles. The van der Waals surface area contributed by atoms with Crippen LogP contribution in [0.3, 0.4) is 0 Å². The number of fused-ring (bicyclic) bond motifs is 1. The number of hydrogen-bond acceptors (Lipinski definition) is 4. The fourth-order valence-corrected chi connectivity index (χ4v) is 1.48. The van der Waals surface area contributed by atoms with Crippen molar-refractivity contribution >= 4 is 16.9 Å². The third-order valence-electron chi connectivity index (χ3n) is 2.45. The number of aromatic amines is 1. The Balaban J connectivity index is 2.11. The van der Waals surface area contributed by atoms with Crippen LogP contribution in [0.1, 0.15) is 5.56 Å². The summed E-state index contributed by atoms with van der Waals surface area (Å²) in [5, 5.41) is 2.63. The van der Waals surface area contributed by atoms with Crippen LogP contribution in [0.2, 0.25) is 0 Å². The molecule has 4 N–H and O–H groups in total. The summed E-state index contributed by atoms with van der Waals surface area (Å²) in [6.45, 7) is 2.69.